The molecule has 0 fully saturated rings. The Morgan fingerprint density at radius 3 is 2.33 bits per heavy atom. The van der Waals surface area contributed by atoms with Crippen LogP contribution in [0.3, 0.4) is 0 Å². The number of aliphatic hydroxyl groups is 1. The van der Waals surface area contributed by atoms with Gasteiger partial charge in [-0.3, -0.25) is 4.55 Å². The van der Waals surface area contributed by atoms with Crippen LogP contribution in [0.4, 0.5) is 0 Å². The molecule has 0 aromatic rings. The van der Waals surface area contributed by atoms with Crippen LogP contribution in [0, 0.1) is 0 Å². The summed E-state index contributed by atoms with van der Waals surface area (Å²) in [5.41, 5.74) is 0. The molecule has 0 radical (unpaired) electrons. The molecular weight excluding hydrogens is 180 g/mol. The average Bonchev–Trinajstić information content (AvgIpc) is 1.93. The zero-order valence-electron chi connectivity index (χ0n) is 6.51. The Labute approximate surface area is 71.0 Å². The maximum Gasteiger partial charge on any atom is 0.276 e. The summed E-state index contributed by atoms with van der Waals surface area (Å²) in [5, 5.41) is 9.29. The fourth-order valence-corrected chi connectivity index (χ4v) is 1.58. The lowest BCUT2D eigenvalue weighted by atomic mass is 9.99. The lowest BCUT2D eigenvalue weighted by molar-refractivity contribution is 0.188. The van der Waals surface area contributed by atoms with Gasteiger partial charge in [0.2, 0.25) is 0 Å². The maximum absolute atomic E-state index is 10.8. The molecule has 0 bridgehead atoms. The number of hydrogen-bond donors (Lipinski definition) is 2. The first-order chi connectivity index (χ1) is 5.38. The molecule has 0 amide bonds. The van der Waals surface area contributed by atoms with Crippen molar-refractivity contribution in [3.63, 3.8) is 0 Å². The van der Waals surface area contributed by atoms with Gasteiger partial charge in [-0.25, -0.2) is 0 Å². The monoisotopic (exact) mass is 190 g/mol. The summed E-state index contributed by atoms with van der Waals surface area (Å²) in [4.78, 5) is 0. The van der Waals surface area contributed by atoms with Crippen LogP contribution in [0.15, 0.2) is 24.3 Å². The fourth-order valence-electron chi connectivity index (χ4n) is 0.944. The molecular formula is C7H10O4S. The zero-order valence-corrected chi connectivity index (χ0v) is 7.32. The summed E-state index contributed by atoms with van der Waals surface area (Å²) in [6, 6.07) is 0. The van der Waals surface area contributed by atoms with E-state index in [9.17, 15) is 13.5 Å². The Morgan fingerprint density at radius 1 is 1.42 bits per heavy atom. The van der Waals surface area contributed by atoms with Gasteiger partial charge in [0.05, 0.1) is 6.10 Å². The van der Waals surface area contributed by atoms with Crippen LogP contribution in [-0.4, -0.2) is 28.9 Å². The van der Waals surface area contributed by atoms with E-state index in [4.69, 9.17) is 4.55 Å². The van der Waals surface area contributed by atoms with Gasteiger partial charge in [-0.15, -0.1) is 0 Å². The van der Waals surface area contributed by atoms with Crippen molar-refractivity contribution in [1.29, 1.82) is 0 Å². The first kappa shape index (κ1) is 9.44. The summed E-state index contributed by atoms with van der Waals surface area (Å²) < 4.78 is 28.8. The summed E-state index contributed by atoms with van der Waals surface area (Å²) in [6.45, 7) is 1.26. The molecule has 12 heavy (non-hydrogen) atoms. The predicted octanol–water partition coefficient (Wildman–Crippen LogP) is 0.120. The van der Waals surface area contributed by atoms with E-state index >= 15 is 0 Å². The molecule has 0 heterocycles. The second-order valence-electron chi connectivity index (χ2n) is 2.85. The second kappa shape index (κ2) is 2.69. The molecule has 0 aromatic carbocycles. The number of allylic oxidation sites excluding steroid dienone is 2. The van der Waals surface area contributed by atoms with Gasteiger partial charge in [0, 0.05) is 0 Å². The van der Waals surface area contributed by atoms with Gasteiger partial charge in [-0.1, -0.05) is 24.3 Å². The molecule has 0 aromatic heterocycles. The van der Waals surface area contributed by atoms with Gasteiger partial charge in [-0.05, 0) is 6.92 Å². The molecule has 2 unspecified atom stereocenters. The van der Waals surface area contributed by atoms with Crippen molar-refractivity contribution >= 4 is 10.1 Å². The van der Waals surface area contributed by atoms with Crippen molar-refractivity contribution < 1.29 is 18.1 Å². The molecule has 4 nitrogen and oxygen atoms in total. The van der Waals surface area contributed by atoms with Gasteiger partial charge in [-0.2, -0.15) is 8.42 Å². The van der Waals surface area contributed by atoms with Crippen LogP contribution in [0.5, 0.6) is 0 Å². The number of rotatable bonds is 1. The van der Waals surface area contributed by atoms with Crippen LogP contribution >= 0.6 is 0 Å². The highest BCUT2D eigenvalue weighted by Gasteiger charge is 2.42. The molecule has 1 aliphatic rings. The van der Waals surface area contributed by atoms with Crippen molar-refractivity contribution in [2.24, 2.45) is 0 Å². The molecule has 0 spiro atoms. The van der Waals surface area contributed by atoms with Crippen LogP contribution in [0.2, 0.25) is 0 Å². The highest BCUT2D eigenvalue weighted by atomic mass is 32.2. The Kier molecular flexibility index (Phi) is 2.11. The molecule has 0 aliphatic heterocycles. The minimum Gasteiger partial charge on any atom is -0.387 e. The third-order valence-corrected chi connectivity index (χ3v) is 3.46. The Bertz CT molecular complexity index is 327. The first-order valence-electron chi connectivity index (χ1n) is 3.39. The van der Waals surface area contributed by atoms with Crippen molar-refractivity contribution in [1.82, 2.24) is 0 Å². The van der Waals surface area contributed by atoms with Crippen molar-refractivity contribution in [2.75, 3.05) is 0 Å². The van der Waals surface area contributed by atoms with E-state index < -0.39 is 21.0 Å². The van der Waals surface area contributed by atoms with Gasteiger partial charge in [0.25, 0.3) is 10.1 Å². The number of aliphatic hydroxyl groups excluding tert-OH is 1. The minimum atomic E-state index is -4.26. The van der Waals surface area contributed by atoms with Crippen LogP contribution in [0.25, 0.3) is 0 Å². The molecule has 0 saturated carbocycles. The van der Waals surface area contributed by atoms with Gasteiger partial charge >= 0.3 is 0 Å². The van der Waals surface area contributed by atoms with Gasteiger partial charge < -0.3 is 5.11 Å². The zero-order chi connectivity index (χ0) is 9.41. The standard InChI is InChI=1S/C7H10O4S/c1-7(12(9,10)11)5-3-2-4-6(7)8/h2-6,8H,1H3,(H,9,10,11). The molecule has 1 rings (SSSR count). The Balaban J connectivity index is 3.16. The average molecular weight is 190 g/mol. The van der Waals surface area contributed by atoms with Crippen molar-refractivity contribution in [3.8, 4) is 0 Å². The van der Waals surface area contributed by atoms with Crippen LogP contribution in [-0.2, 0) is 10.1 Å². The van der Waals surface area contributed by atoms with E-state index in [-0.39, 0.29) is 0 Å². The highest BCUT2D eigenvalue weighted by Crippen LogP contribution is 2.25. The van der Waals surface area contributed by atoms with Crippen molar-refractivity contribution in [3.05, 3.63) is 24.3 Å². The normalized spacial score (nSPS) is 35.4. The van der Waals surface area contributed by atoms with Gasteiger partial charge in [0.15, 0.2) is 0 Å². The third-order valence-electron chi connectivity index (χ3n) is 1.97. The summed E-state index contributed by atoms with van der Waals surface area (Å²) in [5.74, 6) is 0. The lowest BCUT2D eigenvalue weighted by Gasteiger charge is -2.27. The topological polar surface area (TPSA) is 74.6 Å². The van der Waals surface area contributed by atoms with E-state index in [1.807, 2.05) is 0 Å². The van der Waals surface area contributed by atoms with Gasteiger partial charge in [0.1, 0.15) is 4.75 Å². The Morgan fingerprint density at radius 2 is 2.00 bits per heavy atom. The van der Waals surface area contributed by atoms with E-state index in [1.165, 1.54) is 31.2 Å². The summed E-state index contributed by atoms with van der Waals surface area (Å²) >= 11 is 0. The van der Waals surface area contributed by atoms with E-state index in [1.54, 1.807) is 0 Å². The van der Waals surface area contributed by atoms with E-state index in [2.05, 4.69) is 0 Å². The quantitative estimate of drug-likeness (QED) is 0.576. The molecule has 2 atom stereocenters. The molecule has 68 valence electrons. The lowest BCUT2D eigenvalue weighted by Crippen LogP contribution is -2.44. The Hall–Kier alpha value is -0.650. The second-order valence-corrected chi connectivity index (χ2v) is 4.68. The smallest absolute Gasteiger partial charge is 0.276 e. The predicted molar refractivity (Wildman–Crippen MR) is 44.2 cm³/mol. The minimum absolute atomic E-state index is 1.20. The molecule has 5 heteroatoms. The largest absolute Gasteiger partial charge is 0.387 e. The maximum atomic E-state index is 10.8. The molecule has 0 saturated heterocycles. The third kappa shape index (κ3) is 1.31. The van der Waals surface area contributed by atoms with Crippen LogP contribution in [0.1, 0.15) is 6.92 Å². The SMILES string of the molecule is CC1(S(=O)(=O)O)C=CC=CC1O. The summed E-state index contributed by atoms with van der Waals surface area (Å²) in [7, 11) is -4.26. The highest BCUT2D eigenvalue weighted by molar-refractivity contribution is 7.87. The molecule has 2 N–H and O–H groups in total. The summed E-state index contributed by atoms with van der Waals surface area (Å²) in [6.07, 6.45) is 4.37. The van der Waals surface area contributed by atoms with Crippen LogP contribution < -0.4 is 0 Å². The first-order valence-corrected chi connectivity index (χ1v) is 4.83. The number of hydrogen-bond acceptors (Lipinski definition) is 3. The fraction of sp³-hybridized carbons (Fsp3) is 0.429. The van der Waals surface area contributed by atoms with Crippen molar-refractivity contribution in [2.45, 2.75) is 17.8 Å². The molecule has 1 aliphatic carbocycles. The van der Waals surface area contributed by atoms with E-state index in [0.29, 0.717) is 0 Å². The van der Waals surface area contributed by atoms with E-state index in [0.717, 1.165) is 0 Å².